The van der Waals surface area contributed by atoms with Crippen molar-refractivity contribution >= 4 is 5.97 Å². The number of carboxylic acid groups (broad SMARTS) is 1. The zero-order valence-corrected chi connectivity index (χ0v) is 13.2. The smallest absolute Gasteiger partial charge is 0.323 e. The van der Waals surface area contributed by atoms with Crippen LogP contribution in [0.15, 0.2) is 18.2 Å². The molecule has 2 unspecified atom stereocenters. The van der Waals surface area contributed by atoms with Gasteiger partial charge < -0.3 is 20.3 Å². The van der Waals surface area contributed by atoms with E-state index in [0.717, 1.165) is 29.9 Å². The molecule has 118 valence electrons. The molecule has 0 fully saturated rings. The molecule has 0 radical (unpaired) electrons. The lowest BCUT2D eigenvalue weighted by Crippen LogP contribution is -2.46. The summed E-state index contributed by atoms with van der Waals surface area (Å²) in [6, 6.07) is 5.70. The van der Waals surface area contributed by atoms with E-state index in [1.54, 1.807) is 21.1 Å². The van der Waals surface area contributed by atoms with Gasteiger partial charge in [-0.2, -0.15) is 0 Å². The first-order valence-electron chi connectivity index (χ1n) is 7.06. The van der Waals surface area contributed by atoms with E-state index >= 15 is 0 Å². The molecule has 1 aromatic rings. The van der Waals surface area contributed by atoms with Crippen molar-refractivity contribution in [1.82, 2.24) is 0 Å². The fourth-order valence-electron chi connectivity index (χ4n) is 2.37. The molecule has 21 heavy (non-hydrogen) atoms. The highest BCUT2D eigenvalue weighted by molar-refractivity contribution is 5.77. The number of carboxylic acids is 1. The largest absolute Gasteiger partial charge is 0.497 e. The Morgan fingerprint density at radius 3 is 2.19 bits per heavy atom. The Bertz CT molecular complexity index is 463. The summed E-state index contributed by atoms with van der Waals surface area (Å²) in [5.41, 5.74) is 5.70. The summed E-state index contributed by atoms with van der Waals surface area (Å²) in [5, 5.41) is 9.15. The fraction of sp³-hybridized carbons (Fsp3) is 0.562. The van der Waals surface area contributed by atoms with Crippen LogP contribution in [-0.2, 0) is 11.2 Å². The Balaban J connectivity index is 2.88. The van der Waals surface area contributed by atoms with Crippen LogP contribution in [-0.4, -0.2) is 30.8 Å². The average Bonchev–Trinajstić information content (AvgIpc) is 2.45. The molecule has 5 heteroatoms. The quantitative estimate of drug-likeness (QED) is 0.770. The summed E-state index contributed by atoms with van der Waals surface area (Å²) >= 11 is 0. The number of nitrogens with two attached hydrogens (primary N) is 1. The van der Waals surface area contributed by atoms with Crippen LogP contribution in [0.5, 0.6) is 11.5 Å². The number of aliphatic carboxylic acids is 1. The molecule has 3 N–H and O–H groups in total. The van der Waals surface area contributed by atoms with E-state index in [2.05, 4.69) is 0 Å². The van der Waals surface area contributed by atoms with Crippen LogP contribution >= 0.6 is 0 Å². The Hall–Kier alpha value is -1.75. The predicted octanol–water partition coefficient (Wildman–Crippen LogP) is 2.46. The first-order valence-corrected chi connectivity index (χ1v) is 7.06. The van der Waals surface area contributed by atoms with Crippen LogP contribution in [0.3, 0.4) is 0 Å². The SMILES string of the molecule is CCC(Cc1cc(OC)cc(OC)c1)CC(C)(N)C(=O)O. The molecular formula is C16H25NO4. The first-order chi connectivity index (χ1) is 9.82. The van der Waals surface area contributed by atoms with Gasteiger partial charge in [0.2, 0.25) is 0 Å². The minimum absolute atomic E-state index is 0.188. The second-order valence-corrected chi connectivity index (χ2v) is 5.63. The molecule has 1 aromatic carbocycles. The topological polar surface area (TPSA) is 81.8 Å². The van der Waals surface area contributed by atoms with Gasteiger partial charge in [0, 0.05) is 6.07 Å². The van der Waals surface area contributed by atoms with Gasteiger partial charge in [0.05, 0.1) is 14.2 Å². The van der Waals surface area contributed by atoms with E-state index in [9.17, 15) is 4.79 Å². The average molecular weight is 295 g/mol. The number of methoxy groups -OCH3 is 2. The van der Waals surface area contributed by atoms with Crippen molar-refractivity contribution in [3.63, 3.8) is 0 Å². The highest BCUT2D eigenvalue weighted by atomic mass is 16.5. The van der Waals surface area contributed by atoms with Gasteiger partial charge >= 0.3 is 5.97 Å². The molecule has 0 aromatic heterocycles. The Kier molecular flexibility index (Phi) is 6.03. The summed E-state index contributed by atoms with van der Waals surface area (Å²) in [4.78, 5) is 11.2. The molecule has 5 nitrogen and oxygen atoms in total. The Morgan fingerprint density at radius 2 is 1.81 bits per heavy atom. The molecule has 0 aliphatic rings. The van der Waals surface area contributed by atoms with Crippen molar-refractivity contribution in [1.29, 1.82) is 0 Å². The lowest BCUT2D eigenvalue weighted by Gasteiger charge is -2.25. The Morgan fingerprint density at radius 1 is 1.29 bits per heavy atom. The molecule has 0 aliphatic heterocycles. The zero-order valence-electron chi connectivity index (χ0n) is 13.2. The maximum Gasteiger partial charge on any atom is 0.323 e. The monoisotopic (exact) mass is 295 g/mol. The zero-order chi connectivity index (χ0) is 16.0. The van der Waals surface area contributed by atoms with E-state index in [0.29, 0.717) is 6.42 Å². The lowest BCUT2D eigenvalue weighted by molar-refractivity contribution is -0.143. The van der Waals surface area contributed by atoms with Gasteiger partial charge in [-0.1, -0.05) is 13.3 Å². The van der Waals surface area contributed by atoms with E-state index in [-0.39, 0.29) is 5.92 Å². The minimum atomic E-state index is -1.20. The second-order valence-electron chi connectivity index (χ2n) is 5.63. The van der Waals surface area contributed by atoms with Crippen molar-refractivity contribution < 1.29 is 19.4 Å². The number of hydrogen-bond acceptors (Lipinski definition) is 4. The summed E-state index contributed by atoms with van der Waals surface area (Å²) < 4.78 is 10.5. The third-order valence-corrected chi connectivity index (χ3v) is 3.71. The van der Waals surface area contributed by atoms with E-state index in [4.69, 9.17) is 20.3 Å². The third kappa shape index (κ3) is 4.93. The van der Waals surface area contributed by atoms with Crippen LogP contribution in [0, 0.1) is 5.92 Å². The standard InChI is InChI=1S/C16H25NO4/c1-5-11(10-16(2,17)15(18)19)6-12-7-13(20-3)9-14(8-12)21-4/h7-9,11H,5-6,10,17H2,1-4H3,(H,18,19). The number of ether oxygens (including phenoxy) is 2. The van der Waals surface area contributed by atoms with Crippen LogP contribution in [0.2, 0.25) is 0 Å². The van der Waals surface area contributed by atoms with Crippen LogP contribution in [0.4, 0.5) is 0 Å². The normalized spacial score (nSPS) is 15.1. The molecule has 0 saturated heterocycles. The Labute approximate surface area is 126 Å². The number of rotatable bonds is 8. The first kappa shape index (κ1) is 17.3. The van der Waals surface area contributed by atoms with Gasteiger partial charge in [-0.15, -0.1) is 0 Å². The molecule has 0 bridgehead atoms. The van der Waals surface area contributed by atoms with Crippen molar-refractivity contribution in [3.8, 4) is 11.5 Å². The number of carbonyl (C=O) groups is 1. The van der Waals surface area contributed by atoms with Crippen molar-refractivity contribution in [2.75, 3.05) is 14.2 Å². The maximum atomic E-state index is 11.2. The van der Waals surface area contributed by atoms with E-state index in [1.165, 1.54) is 0 Å². The highest BCUT2D eigenvalue weighted by Crippen LogP contribution is 2.27. The molecule has 0 aliphatic carbocycles. The van der Waals surface area contributed by atoms with Crippen LogP contribution < -0.4 is 15.2 Å². The number of benzene rings is 1. The van der Waals surface area contributed by atoms with Crippen LogP contribution in [0.1, 0.15) is 32.3 Å². The molecule has 0 saturated carbocycles. The van der Waals surface area contributed by atoms with Gasteiger partial charge in [0.1, 0.15) is 17.0 Å². The van der Waals surface area contributed by atoms with Gasteiger partial charge in [-0.25, -0.2) is 0 Å². The summed E-state index contributed by atoms with van der Waals surface area (Å²) in [7, 11) is 3.22. The van der Waals surface area contributed by atoms with Gasteiger partial charge in [-0.05, 0) is 43.4 Å². The molecule has 0 heterocycles. The van der Waals surface area contributed by atoms with E-state index < -0.39 is 11.5 Å². The molecule has 0 amide bonds. The third-order valence-electron chi connectivity index (χ3n) is 3.71. The lowest BCUT2D eigenvalue weighted by atomic mass is 9.84. The molecule has 1 rings (SSSR count). The highest BCUT2D eigenvalue weighted by Gasteiger charge is 2.30. The summed E-state index contributed by atoms with van der Waals surface area (Å²) in [5.74, 6) is 0.679. The van der Waals surface area contributed by atoms with Crippen LogP contribution in [0.25, 0.3) is 0 Å². The molecular weight excluding hydrogens is 270 g/mol. The summed E-state index contributed by atoms with van der Waals surface area (Å²) in [6.45, 7) is 3.60. The van der Waals surface area contributed by atoms with E-state index in [1.807, 2.05) is 25.1 Å². The fourth-order valence-corrected chi connectivity index (χ4v) is 2.37. The van der Waals surface area contributed by atoms with Crippen molar-refractivity contribution in [2.24, 2.45) is 11.7 Å². The predicted molar refractivity (Wildman–Crippen MR) is 81.9 cm³/mol. The minimum Gasteiger partial charge on any atom is -0.497 e. The van der Waals surface area contributed by atoms with Gasteiger partial charge in [0.25, 0.3) is 0 Å². The van der Waals surface area contributed by atoms with Crippen molar-refractivity contribution in [2.45, 2.75) is 38.6 Å². The van der Waals surface area contributed by atoms with Gasteiger partial charge in [0.15, 0.2) is 0 Å². The number of hydrogen-bond donors (Lipinski definition) is 2. The van der Waals surface area contributed by atoms with Crippen molar-refractivity contribution in [3.05, 3.63) is 23.8 Å². The second kappa shape index (κ2) is 7.31. The van der Waals surface area contributed by atoms with Gasteiger partial charge in [-0.3, -0.25) is 4.79 Å². The maximum absolute atomic E-state index is 11.2. The molecule has 2 atom stereocenters. The summed E-state index contributed by atoms with van der Waals surface area (Å²) in [6.07, 6.45) is 2.03. The molecule has 0 spiro atoms.